The lowest BCUT2D eigenvalue weighted by molar-refractivity contribution is 0.00589. The number of nitrogens with one attached hydrogen (secondary N) is 1. The van der Waals surface area contributed by atoms with Gasteiger partial charge >= 0.3 is 0 Å². The Labute approximate surface area is 183 Å². The number of rotatable bonds is 7. The third-order valence-corrected chi connectivity index (χ3v) is 6.71. The maximum absolute atomic E-state index is 13.6. The van der Waals surface area contributed by atoms with Crippen molar-refractivity contribution in [3.63, 3.8) is 0 Å². The number of hydrogen-bond donors (Lipinski definition) is 2. The number of carbonyl (C=O) groups excluding carboxylic acids is 1. The molecule has 1 unspecified atom stereocenters. The molecule has 1 heterocycles. The molecule has 0 bridgehead atoms. The number of β-amino-alcohol motifs (C(OH)–C–C–N with tert-alkyl or cyclic N) is 1. The average Bonchev–Trinajstić information content (AvgIpc) is 3.24. The first-order valence-electron chi connectivity index (χ1n) is 11.1. The lowest BCUT2D eigenvalue weighted by atomic mass is 9.95. The Balaban J connectivity index is 1.28. The van der Waals surface area contributed by atoms with Gasteiger partial charge in [0.25, 0.3) is 5.91 Å². The van der Waals surface area contributed by atoms with Crippen molar-refractivity contribution in [2.24, 2.45) is 5.92 Å². The summed E-state index contributed by atoms with van der Waals surface area (Å²) >= 11 is 0. The second kappa shape index (κ2) is 9.37. The van der Waals surface area contributed by atoms with Crippen LogP contribution in [0.3, 0.4) is 0 Å². The predicted molar refractivity (Wildman–Crippen MR) is 118 cm³/mol. The molecule has 1 aliphatic heterocycles. The van der Waals surface area contributed by atoms with Crippen LogP contribution in [-0.2, 0) is 0 Å². The Hall–Kier alpha value is -2.44. The highest BCUT2D eigenvalue weighted by Crippen LogP contribution is 2.38. The van der Waals surface area contributed by atoms with Crippen molar-refractivity contribution in [1.82, 2.24) is 10.2 Å². The Morgan fingerprint density at radius 1 is 1.23 bits per heavy atom. The van der Waals surface area contributed by atoms with E-state index in [-0.39, 0.29) is 29.6 Å². The average molecular weight is 427 g/mol. The zero-order valence-electron chi connectivity index (χ0n) is 18.2. The minimum Gasteiger partial charge on any atom is -0.494 e. The molecule has 0 aromatic heterocycles. The van der Waals surface area contributed by atoms with Crippen LogP contribution in [0.1, 0.15) is 59.6 Å². The second-order valence-electron chi connectivity index (χ2n) is 8.89. The molecule has 31 heavy (non-hydrogen) atoms. The topological polar surface area (TPSA) is 61.8 Å². The minimum absolute atomic E-state index is 0.00300. The number of amides is 1. The molecule has 2 aromatic rings. The Morgan fingerprint density at radius 2 is 1.97 bits per heavy atom. The monoisotopic (exact) mass is 426 g/mol. The SMILES string of the molecule is COc1cc([C@@H](C)NCC2CC[C@@H](c3ccc(C(=O)N4CC(O)C4)cc3)C2)ccc1F. The van der Waals surface area contributed by atoms with E-state index in [1.54, 1.807) is 17.0 Å². The third kappa shape index (κ3) is 4.91. The first-order valence-corrected chi connectivity index (χ1v) is 11.1. The van der Waals surface area contributed by atoms with Crippen LogP contribution in [0, 0.1) is 11.7 Å². The lowest BCUT2D eigenvalue weighted by Gasteiger charge is -2.35. The molecular formula is C25H31FN2O3. The predicted octanol–water partition coefficient (Wildman–Crippen LogP) is 3.89. The van der Waals surface area contributed by atoms with Crippen LogP contribution in [0.2, 0.25) is 0 Å². The number of nitrogens with zero attached hydrogens (tertiary/aromatic N) is 1. The number of halogens is 1. The van der Waals surface area contributed by atoms with Gasteiger partial charge in [-0.05, 0) is 80.0 Å². The molecule has 2 aromatic carbocycles. The Bertz CT molecular complexity index is 911. The zero-order valence-corrected chi connectivity index (χ0v) is 18.2. The van der Waals surface area contributed by atoms with Gasteiger partial charge in [-0.25, -0.2) is 4.39 Å². The van der Waals surface area contributed by atoms with Crippen LogP contribution in [0.15, 0.2) is 42.5 Å². The summed E-state index contributed by atoms with van der Waals surface area (Å²) < 4.78 is 18.7. The van der Waals surface area contributed by atoms with Crippen molar-refractivity contribution >= 4 is 5.91 Å². The van der Waals surface area contributed by atoms with Crippen LogP contribution in [0.4, 0.5) is 4.39 Å². The van der Waals surface area contributed by atoms with E-state index in [0.717, 1.165) is 24.9 Å². The van der Waals surface area contributed by atoms with Gasteiger partial charge in [0, 0.05) is 24.7 Å². The van der Waals surface area contributed by atoms with Crippen molar-refractivity contribution in [2.75, 3.05) is 26.7 Å². The second-order valence-corrected chi connectivity index (χ2v) is 8.89. The quantitative estimate of drug-likeness (QED) is 0.705. The van der Waals surface area contributed by atoms with E-state index in [0.29, 0.717) is 30.5 Å². The number of benzene rings is 2. The summed E-state index contributed by atoms with van der Waals surface area (Å²) in [6.45, 7) is 3.87. The fourth-order valence-electron chi connectivity index (χ4n) is 4.67. The minimum atomic E-state index is -0.375. The molecule has 1 amide bonds. The summed E-state index contributed by atoms with van der Waals surface area (Å²) in [4.78, 5) is 14.0. The third-order valence-electron chi connectivity index (χ3n) is 6.71. The molecule has 1 aliphatic carbocycles. The van der Waals surface area contributed by atoms with Gasteiger partial charge in [-0.2, -0.15) is 0 Å². The maximum atomic E-state index is 13.6. The highest BCUT2D eigenvalue weighted by atomic mass is 19.1. The first kappa shape index (κ1) is 21.8. The molecule has 0 spiro atoms. The fraction of sp³-hybridized carbons (Fsp3) is 0.480. The van der Waals surface area contributed by atoms with E-state index in [1.165, 1.54) is 25.2 Å². The highest BCUT2D eigenvalue weighted by Gasteiger charge is 2.30. The fourth-order valence-corrected chi connectivity index (χ4v) is 4.67. The van der Waals surface area contributed by atoms with Gasteiger partial charge in [0.15, 0.2) is 11.6 Å². The molecular weight excluding hydrogens is 395 g/mol. The number of aliphatic hydroxyl groups excluding tert-OH is 1. The molecule has 5 nitrogen and oxygen atoms in total. The van der Waals surface area contributed by atoms with Gasteiger partial charge in [-0.1, -0.05) is 18.2 Å². The van der Waals surface area contributed by atoms with E-state index in [2.05, 4.69) is 24.4 Å². The Kier molecular flexibility index (Phi) is 6.58. The molecule has 3 atom stereocenters. The summed E-state index contributed by atoms with van der Waals surface area (Å²) in [5.41, 5.74) is 3.00. The molecule has 6 heteroatoms. The van der Waals surface area contributed by atoms with Gasteiger partial charge in [0.1, 0.15) is 0 Å². The number of likely N-dealkylation sites (tertiary alicyclic amines) is 1. The van der Waals surface area contributed by atoms with Crippen LogP contribution in [0.5, 0.6) is 5.75 Å². The van der Waals surface area contributed by atoms with Crippen LogP contribution >= 0.6 is 0 Å². The molecule has 166 valence electrons. The van der Waals surface area contributed by atoms with Crippen LogP contribution < -0.4 is 10.1 Å². The highest BCUT2D eigenvalue weighted by molar-refractivity contribution is 5.94. The summed E-state index contributed by atoms with van der Waals surface area (Å²) in [5.74, 6) is 1.05. The van der Waals surface area contributed by atoms with Crippen molar-refractivity contribution in [3.05, 3.63) is 65.0 Å². The molecule has 4 rings (SSSR count). The van der Waals surface area contributed by atoms with Crippen molar-refractivity contribution in [1.29, 1.82) is 0 Å². The first-order chi connectivity index (χ1) is 14.9. The number of methoxy groups -OCH3 is 1. The molecule has 2 aliphatic rings. The summed E-state index contributed by atoms with van der Waals surface area (Å²) in [5, 5.41) is 13.0. The largest absolute Gasteiger partial charge is 0.494 e. The van der Waals surface area contributed by atoms with Gasteiger partial charge < -0.3 is 20.1 Å². The maximum Gasteiger partial charge on any atom is 0.254 e. The summed E-state index contributed by atoms with van der Waals surface area (Å²) in [6.07, 6.45) is 3.07. The Morgan fingerprint density at radius 3 is 2.65 bits per heavy atom. The smallest absolute Gasteiger partial charge is 0.254 e. The van der Waals surface area contributed by atoms with E-state index in [1.807, 2.05) is 12.1 Å². The van der Waals surface area contributed by atoms with E-state index < -0.39 is 0 Å². The summed E-state index contributed by atoms with van der Waals surface area (Å²) in [7, 11) is 1.48. The number of hydrogen-bond acceptors (Lipinski definition) is 4. The molecule has 2 N–H and O–H groups in total. The normalized spacial score (nSPS) is 22.3. The van der Waals surface area contributed by atoms with Crippen LogP contribution in [0.25, 0.3) is 0 Å². The summed E-state index contributed by atoms with van der Waals surface area (Å²) in [6, 6.07) is 13.1. The zero-order chi connectivity index (χ0) is 22.0. The molecule has 2 fully saturated rings. The van der Waals surface area contributed by atoms with Crippen molar-refractivity contribution in [2.45, 2.75) is 44.2 Å². The van der Waals surface area contributed by atoms with Crippen molar-refractivity contribution in [3.8, 4) is 5.75 Å². The lowest BCUT2D eigenvalue weighted by Crippen LogP contribution is -2.53. The number of ether oxygens (including phenoxy) is 1. The van der Waals surface area contributed by atoms with Gasteiger partial charge in [0.2, 0.25) is 0 Å². The van der Waals surface area contributed by atoms with Crippen LogP contribution in [-0.4, -0.2) is 48.8 Å². The van der Waals surface area contributed by atoms with Crippen molar-refractivity contribution < 1.29 is 19.0 Å². The molecule has 0 radical (unpaired) electrons. The van der Waals surface area contributed by atoms with E-state index >= 15 is 0 Å². The number of carbonyl (C=O) groups is 1. The van der Waals surface area contributed by atoms with E-state index in [4.69, 9.17) is 4.74 Å². The van der Waals surface area contributed by atoms with Gasteiger partial charge in [0.05, 0.1) is 13.2 Å². The van der Waals surface area contributed by atoms with E-state index in [9.17, 15) is 14.3 Å². The molecule has 1 saturated heterocycles. The van der Waals surface area contributed by atoms with Gasteiger partial charge in [-0.15, -0.1) is 0 Å². The molecule has 1 saturated carbocycles. The number of aliphatic hydroxyl groups is 1. The standard InChI is InChI=1S/C25H31FN2O3/c1-16(20-9-10-23(26)24(12-20)31-2)27-13-17-3-4-21(11-17)18-5-7-19(8-6-18)25(30)28-14-22(29)15-28/h5-10,12,16-17,21-22,27,29H,3-4,11,13-15H2,1-2H3/t16-,17?,21-/m1/s1. The van der Waals surface area contributed by atoms with Gasteiger partial charge in [-0.3, -0.25) is 4.79 Å².